The molecule has 32 heavy (non-hydrogen) atoms. The lowest BCUT2D eigenvalue weighted by Crippen LogP contribution is -2.17. The second kappa shape index (κ2) is 7.40. The fraction of sp³-hybridized carbons (Fsp3) is 0.208. The molecule has 0 N–H and O–H groups in total. The summed E-state index contributed by atoms with van der Waals surface area (Å²) in [4.78, 5) is 17.8. The van der Waals surface area contributed by atoms with E-state index in [0.29, 0.717) is 0 Å². The minimum absolute atomic E-state index is 0.0186. The van der Waals surface area contributed by atoms with Crippen LogP contribution in [0.3, 0.4) is 0 Å². The number of ether oxygens (including phenoxy) is 1. The van der Waals surface area contributed by atoms with Crippen molar-refractivity contribution in [1.82, 2.24) is 0 Å². The Bertz CT molecular complexity index is 1240. The number of nitrogens with zero attached hydrogens (tertiary/aromatic N) is 3. The Labute approximate surface area is 182 Å². The molecule has 2 aliphatic heterocycles. The van der Waals surface area contributed by atoms with Gasteiger partial charge in [-0.1, -0.05) is 12.1 Å². The highest BCUT2D eigenvalue weighted by molar-refractivity contribution is 6.14. The number of halogens is 2. The standard InChI is InChI=1S/C24H19F2N3O3/c1-13-11-19-20(12-14(13)2)28-22(16-3-7-17(8-4-16)29(30)31)23(28)21(27-19)15-5-9-18(10-6-15)32-24(25)26/h3-12,22-24H,1-2H3/t22-,23+,28?/m0/s1. The predicted molar refractivity (Wildman–Crippen MR) is 117 cm³/mol. The maximum Gasteiger partial charge on any atom is 0.387 e. The minimum Gasteiger partial charge on any atom is -0.435 e. The van der Waals surface area contributed by atoms with E-state index in [-0.39, 0.29) is 23.5 Å². The number of nitro groups is 1. The molecule has 0 aliphatic carbocycles. The molecule has 0 unspecified atom stereocenters. The van der Waals surface area contributed by atoms with Gasteiger partial charge in [-0.2, -0.15) is 8.78 Å². The molecular formula is C24H19F2N3O3. The van der Waals surface area contributed by atoms with Crippen LogP contribution in [0.1, 0.15) is 28.3 Å². The Morgan fingerprint density at radius 2 is 1.66 bits per heavy atom. The van der Waals surface area contributed by atoms with E-state index >= 15 is 0 Å². The van der Waals surface area contributed by atoms with Crippen LogP contribution in [0.25, 0.3) is 0 Å². The highest BCUT2D eigenvalue weighted by Gasteiger charge is 2.54. The molecule has 0 aromatic heterocycles. The van der Waals surface area contributed by atoms with Crippen LogP contribution in [0.2, 0.25) is 0 Å². The number of aryl methyl sites for hydroxylation is 2. The second-order valence-corrected chi connectivity index (χ2v) is 7.97. The van der Waals surface area contributed by atoms with E-state index in [4.69, 9.17) is 4.99 Å². The number of fused-ring (bicyclic) bond motifs is 3. The molecule has 0 spiro atoms. The van der Waals surface area contributed by atoms with Crippen LogP contribution in [0.15, 0.2) is 65.7 Å². The SMILES string of the molecule is Cc1cc2c(cc1C)N1[C@H](C(c3ccc(OC(F)F)cc3)=N2)[C@@H]1c1ccc([N+](=O)[O-])cc1. The fourth-order valence-corrected chi connectivity index (χ4v) is 4.27. The van der Waals surface area contributed by atoms with E-state index in [9.17, 15) is 18.9 Å². The first-order chi connectivity index (χ1) is 15.3. The maximum atomic E-state index is 12.5. The summed E-state index contributed by atoms with van der Waals surface area (Å²) in [6.07, 6.45) is 0. The van der Waals surface area contributed by atoms with Crippen LogP contribution in [0.5, 0.6) is 5.75 Å². The van der Waals surface area contributed by atoms with Gasteiger partial charge in [0.25, 0.3) is 5.69 Å². The summed E-state index contributed by atoms with van der Waals surface area (Å²) < 4.78 is 29.5. The number of rotatable bonds is 5. The quantitative estimate of drug-likeness (QED) is 0.285. The third-order valence-electron chi connectivity index (χ3n) is 6.02. The van der Waals surface area contributed by atoms with Crippen LogP contribution in [-0.2, 0) is 0 Å². The van der Waals surface area contributed by atoms with Gasteiger partial charge in [-0.25, -0.2) is 4.99 Å². The van der Waals surface area contributed by atoms with E-state index < -0.39 is 11.5 Å². The number of anilines is 1. The van der Waals surface area contributed by atoms with Crippen molar-refractivity contribution < 1.29 is 18.4 Å². The van der Waals surface area contributed by atoms with E-state index in [1.165, 1.54) is 24.3 Å². The van der Waals surface area contributed by atoms with E-state index in [1.807, 2.05) is 13.0 Å². The van der Waals surface area contributed by atoms with Crippen molar-refractivity contribution >= 4 is 22.8 Å². The molecule has 8 heteroatoms. The Kier molecular flexibility index (Phi) is 4.65. The molecule has 1 fully saturated rings. The zero-order valence-electron chi connectivity index (χ0n) is 17.3. The molecule has 3 aromatic carbocycles. The monoisotopic (exact) mass is 435 g/mol. The van der Waals surface area contributed by atoms with Crippen molar-refractivity contribution in [3.05, 3.63) is 93.0 Å². The van der Waals surface area contributed by atoms with Crippen molar-refractivity contribution in [2.45, 2.75) is 32.5 Å². The Morgan fingerprint density at radius 3 is 2.28 bits per heavy atom. The minimum atomic E-state index is -2.88. The highest BCUT2D eigenvalue weighted by atomic mass is 19.3. The molecule has 2 aliphatic rings. The van der Waals surface area contributed by atoms with Gasteiger partial charge in [-0.15, -0.1) is 0 Å². The second-order valence-electron chi connectivity index (χ2n) is 7.97. The highest BCUT2D eigenvalue weighted by Crippen LogP contribution is 2.55. The summed E-state index contributed by atoms with van der Waals surface area (Å²) in [6.45, 7) is 1.20. The molecule has 0 radical (unpaired) electrons. The number of alkyl halides is 2. The predicted octanol–water partition coefficient (Wildman–Crippen LogP) is 5.88. The van der Waals surface area contributed by atoms with Gasteiger partial charge in [0.2, 0.25) is 0 Å². The third kappa shape index (κ3) is 3.37. The van der Waals surface area contributed by atoms with Gasteiger partial charge >= 0.3 is 6.61 Å². The molecule has 0 bridgehead atoms. The first-order valence-corrected chi connectivity index (χ1v) is 10.1. The summed E-state index contributed by atoms with van der Waals surface area (Å²) in [5, 5.41) is 11.0. The summed E-state index contributed by atoms with van der Waals surface area (Å²) in [7, 11) is 0. The van der Waals surface area contributed by atoms with Gasteiger partial charge in [-0.05, 0) is 72.5 Å². The molecule has 1 saturated heterocycles. The first-order valence-electron chi connectivity index (χ1n) is 10.1. The summed E-state index contributed by atoms with van der Waals surface area (Å²) in [5.74, 6) is 0.0894. The van der Waals surface area contributed by atoms with Crippen LogP contribution < -0.4 is 9.64 Å². The molecule has 3 aromatic rings. The summed E-state index contributed by atoms with van der Waals surface area (Å²) in [6, 6.07) is 17.1. The molecule has 0 saturated carbocycles. The topological polar surface area (TPSA) is 67.7 Å². The number of hydrogen-bond donors (Lipinski definition) is 0. The maximum absolute atomic E-state index is 12.5. The largest absolute Gasteiger partial charge is 0.435 e. The van der Waals surface area contributed by atoms with E-state index in [2.05, 4.69) is 22.6 Å². The molecular weight excluding hydrogens is 416 g/mol. The van der Waals surface area contributed by atoms with Gasteiger partial charge in [-0.3, -0.25) is 10.1 Å². The number of benzene rings is 3. The van der Waals surface area contributed by atoms with Crippen molar-refractivity contribution in [2.75, 3.05) is 4.90 Å². The van der Waals surface area contributed by atoms with Crippen LogP contribution in [0.4, 0.5) is 25.8 Å². The molecule has 162 valence electrons. The lowest BCUT2D eigenvalue weighted by Gasteiger charge is -2.19. The van der Waals surface area contributed by atoms with Gasteiger partial charge in [0.1, 0.15) is 5.75 Å². The Hall–Kier alpha value is -3.81. The Morgan fingerprint density at radius 1 is 1.00 bits per heavy atom. The average molecular weight is 435 g/mol. The van der Waals surface area contributed by atoms with Gasteiger partial charge in [0.05, 0.1) is 34.1 Å². The number of nitro benzene ring substituents is 1. The van der Waals surface area contributed by atoms with Crippen molar-refractivity contribution in [2.24, 2.45) is 4.99 Å². The van der Waals surface area contributed by atoms with Gasteiger partial charge < -0.3 is 9.64 Å². The molecule has 5 rings (SSSR count). The number of hydrogen-bond acceptors (Lipinski definition) is 5. The fourth-order valence-electron chi connectivity index (χ4n) is 4.27. The first kappa shape index (κ1) is 20.1. The zero-order valence-corrected chi connectivity index (χ0v) is 17.3. The van der Waals surface area contributed by atoms with E-state index in [1.54, 1.807) is 24.3 Å². The molecule has 6 nitrogen and oxygen atoms in total. The number of aliphatic imine (C=N–C) groups is 1. The average Bonchev–Trinajstić information content (AvgIpc) is 3.50. The third-order valence-corrected chi connectivity index (χ3v) is 6.02. The normalized spacial score (nSPS) is 18.7. The number of non-ortho nitro benzene ring substituents is 1. The van der Waals surface area contributed by atoms with Crippen LogP contribution >= 0.6 is 0 Å². The van der Waals surface area contributed by atoms with Gasteiger partial charge in [0.15, 0.2) is 0 Å². The summed E-state index contributed by atoms with van der Waals surface area (Å²) >= 11 is 0. The lowest BCUT2D eigenvalue weighted by atomic mass is 10.0. The molecule has 0 amide bonds. The van der Waals surface area contributed by atoms with Crippen LogP contribution in [0, 0.1) is 24.0 Å². The van der Waals surface area contributed by atoms with Crippen molar-refractivity contribution in [3.8, 4) is 5.75 Å². The summed E-state index contributed by atoms with van der Waals surface area (Å²) in [5.41, 5.74) is 6.78. The van der Waals surface area contributed by atoms with Crippen molar-refractivity contribution in [3.63, 3.8) is 0 Å². The lowest BCUT2D eigenvalue weighted by molar-refractivity contribution is -0.384. The zero-order chi connectivity index (χ0) is 22.6. The van der Waals surface area contributed by atoms with Gasteiger partial charge in [0, 0.05) is 12.1 Å². The molecule has 2 heterocycles. The van der Waals surface area contributed by atoms with Crippen molar-refractivity contribution in [1.29, 1.82) is 0 Å². The van der Waals surface area contributed by atoms with E-state index in [0.717, 1.165) is 39.3 Å². The molecule has 2 atom stereocenters. The Balaban J connectivity index is 1.56. The van der Waals surface area contributed by atoms with Crippen LogP contribution in [-0.4, -0.2) is 23.3 Å². The smallest absolute Gasteiger partial charge is 0.387 e.